The highest BCUT2D eigenvalue weighted by atomic mass is 16.3. The molecule has 1 aliphatic rings. The fourth-order valence-electron chi connectivity index (χ4n) is 8.57. The Kier molecular flexibility index (Phi) is 5.70. The van der Waals surface area contributed by atoms with Crippen LogP contribution in [0.4, 0.5) is 0 Å². The Morgan fingerprint density at radius 1 is 0.529 bits per heavy atom. The lowest BCUT2D eigenvalue weighted by Crippen LogP contribution is -2.14. The molecule has 0 radical (unpaired) electrons. The molecule has 0 bridgehead atoms. The molecule has 0 saturated heterocycles. The van der Waals surface area contributed by atoms with E-state index >= 15 is 0 Å². The number of hydrogen-bond donors (Lipinski definition) is 0. The van der Waals surface area contributed by atoms with E-state index in [1.54, 1.807) is 0 Å². The molecule has 7 aromatic carbocycles. The van der Waals surface area contributed by atoms with Gasteiger partial charge in [0.2, 0.25) is 0 Å². The van der Waals surface area contributed by atoms with E-state index < -0.39 is 0 Å². The van der Waals surface area contributed by atoms with Gasteiger partial charge in [-0.05, 0) is 59.2 Å². The molecule has 3 heterocycles. The van der Waals surface area contributed by atoms with Gasteiger partial charge >= 0.3 is 0 Å². The van der Waals surface area contributed by atoms with E-state index in [0.29, 0.717) is 5.82 Å². The summed E-state index contributed by atoms with van der Waals surface area (Å²) < 4.78 is 8.85. The van der Waals surface area contributed by atoms with Gasteiger partial charge in [0.15, 0.2) is 5.82 Å². The lowest BCUT2D eigenvalue weighted by Gasteiger charge is -2.21. The lowest BCUT2D eigenvalue weighted by molar-refractivity contribution is 0.647. The molecule has 0 amide bonds. The first-order valence-corrected chi connectivity index (χ1v) is 17.5. The van der Waals surface area contributed by atoms with Crippen molar-refractivity contribution in [2.75, 3.05) is 0 Å². The lowest BCUT2D eigenvalue weighted by atomic mass is 9.82. The van der Waals surface area contributed by atoms with E-state index in [9.17, 15) is 0 Å². The number of benzene rings is 7. The highest BCUT2D eigenvalue weighted by molar-refractivity contribution is 6.17. The topological polar surface area (TPSA) is 43.9 Å². The minimum atomic E-state index is -0.206. The van der Waals surface area contributed by atoms with E-state index in [1.807, 2.05) is 18.2 Å². The van der Waals surface area contributed by atoms with Gasteiger partial charge in [0.1, 0.15) is 11.2 Å². The van der Waals surface area contributed by atoms with Crippen LogP contribution in [0.1, 0.15) is 25.0 Å². The molecule has 0 N–H and O–H groups in total. The SMILES string of the molecule is CC1(C)c2cc3oc4ccccc4c3cc2-c2c1ccc1c3ccccc3n(-c3cccc(-c4nc(-c5ccccc5)c5ccccc5n4)c3)c21. The molecule has 0 spiro atoms. The van der Waals surface area contributed by atoms with Crippen LogP contribution in [0.15, 0.2) is 156 Å². The molecule has 10 aromatic rings. The average molecular weight is 654 g/mol. The summed E-state index contributed by atoms with van der Waals surface area (Å²) in [5, 5.41) is 5.81. The second-order valence-corrected chi connectivity index (χ2v) is 14.2. The van der Waals surface area contributed by atoms with Crippen molar-refractivity contribution in [2.24, 2.45) is 0 Å². The summed E-state index contributed by atoms with van der Waals surface area (Å²) in [6.45, 7) is 4.68. The summed E-state index contributed by atoms with van der Waals surface area (Å²) >= 11 is 0. The molecule has 11 rings (SSSR count). The van der Waals surface area contributed by atoms with Gasteiger partial charge in [-0.25, -0.2) is 9.97 Å². The molecule has 0 fully saturated rings. The molecule has 4 nitrogen and oxygen atoms in total. The monoisotopic (exact) mass is 653 g/mol. The Morgan fingerprint density at radius 3 is 2.16 bits per heavy atom. The van der Waals surface area contributed by atoms with Crippen molar-refractivity contribution in [2.45, 2.75) is 19.3 Å². The zero-order chi connectivity index (χ0) is 33.8. The quantitative estimate of drug-likeness (QED) is 0.191. The zero-order valence-electron chi connectivity index (χ0n) is 28.2. The first kappa shape index (κ1) is 28.3. The number of nitrogens with zero attached hydrogens (tertiary/aromatic N) is 3. The predicted octanol–water partition coefficient (Wildman–Crippen LogP) is 12.3. The summed E-state index contributed by atoms with van der Waals surface area (Å²) in [6, 6.07) is 53.8. The third-order valence-electron chi connectivity index (χ3n) is 11.0. The summed E-state index contributed by atoms with van der Waals surface area (Å²) in [5.74, 6) is 0.709. The summed E-state index contributed by atoms with van der Waals surface area (Å²) in [5.41, 5.74) is 14.2. The number of fused-ring (bicyclic) bond motifs is 11. The second kappa shape index (κ2) is 10.3. The van der Waals surface area contributed by atoms with Crippen molar-refractivity contribution in [1.29, 1.82) is 0 Å². The highest BCUT2D eigenvalue weighted by Crippen LogP contribution is 2.54. The van der Waals surface area contributed by atoms with Crippen LogP contribution in [0.3, 0.4) is 0 Å². The van der Waals surface area contributed by atoms with Crippen molar-refractivity contribution in [3.8, 4) is 39.5 Å². The molecule has 0 atom stereocenters. The van der Waals surface area contributed by atoms with Gasteiger partial charge < -0.3 is 8.98 Å². The van der Waals surface area contributed by atoms with Crippen LogP contribution in [0, 0.1) is 0 Å². The molecule has 51 heavy (non-hydrogen) atoms. The van der Waals surface area contributed by atoms with E-state index in [2.05, 4.69) is 152 Å². The van der Waals surface area contributed by atoms with Crippen LogP contribution in [-0.4, -0.2) is 14.5 Å². The van der Waals surface area contributed by atoms with Crippen molar-refractivity contribution in [3.05, 3.63) is 163 Å². The molecule has 3 aromatic heterocycles. The fourth-order valence-corrected chi connectivity index (χ4v) is 8.57. The maximum Gasteiger partial charge on any atom is 0.160 e. The van der Waals surface area contributed by atoms with Gasteiger partial charge in [0, 0.05) is 54.7 Å². The van der Waals surface area contributed by atoms with Crippen molar-refractivity contribution in [3.63, 3.8) is 0 Å². The van der Waals surface area contributed by atoms with Gasteiger partial charge in [0.25, 0.3) is 0 Å². The Morgan fingerprint density at radius 2 is 1.27 bits per heavy atom. The van der Waals surface area contributed by atoms with Crippen LogP contribution in [0.2, 0.25) is 0 Å². The largest absolute Gasteiger partial charge is 0.456 e. The van der Waals surface area contributed by atoms with E-state index in [-0.39, 0.29) is 5.41 Å². The molecule has 240 valence electrons. The van der Waals surface area contributed by atoms with E-state index in [4.69, 9.17) is 14.4 Å². The third-order valence-corrected chi connectivity index (χ3v) is 11.0. The van der Waals surface area contributed by atoms with Gasteiger partial charge in [-0.3, -0.25) is 0 Å². The molecular formula is C47H31N3O. The number of hydrogen-bond acceptors (Lipinski definition) is 3. The molecule has 0 aliphatic heterocycles. The Balaban J connectivity index is 1.19. The minimum absolute atomic E-state index is 0.206. The number of furan rings is 1. The normalized spacial score (nSPS) is 13.5. The van der Waals surface area contributed by atoms with Crippen LogP contribution >= 0.6 is 0 Å². The summed E-state index contributed by atoms with van der Waals surface area (Å²) in [7, 11) is 0. The Hall–Kier alpha value is -6.52. The van der Waals surface area contributed by atoms with Gasteiger partial charge in [0.05, 0.1) is 22.2 Å². The van der Waals surface area contributed by atoms with E-state index in [1.165, 1.54) is 44.1 Å². The fraction of sp³-hybridized carbons (Fsp3) is 0.0638. The van der Waals surface area contributed by atoms with Gasteiger partial charge in [-0.2, -0.15) is 0 Å². The highest BCUT2D eigenvalue weighted by Gasteiger charge is 2.38. The predicted molar refractivity (Wildman–Crippen MR) is 210 cm³/mol. The van der Waals surface area contributed by atoms with Gasteiger partial charge in [-0.15, -0.1) is 0 Å². The second-order valence-electron chi connectivity index (χ2n) is 14.2. The number of para-hydroxylation sites is 3. The van der Waals surface area contributed by atoms with Crippen LogP contribution < -0.4 is 0 Å². The van der Waals surface area contributed by atoms with E-state index in [0.717, 1.165) is 55.3 Å². The van der Waals surface area contributed by atoms with Crippen LogP contribution in [-0.2, 0) is 5.41 Å². The smallest absolute Gasteiger partial charge is 0.160 e. The number of aromatic nitrogens is 3. The first-order chi connectivity index (χ1) is 25.0. The van der Waals surface area contributed by atoms with Crippen molar-refractivity contribution in [1.82, 2.24) is 14.5 Å². The molecular weight excluding hydrogens is 623 g/mol. The van der Waals surface area contributed by atoms with Crippen molar-refractivity contribution >= 4 is 54.6 Å². The van der Waals surface area contributed by atoms with Crippen LogP contribution in [0.5, 0.6) is 0 Å². The van der Waals surface area contributed by atoms with Gasteiger partial charge in [-0.1, -0.05) is 123 Å². The van der Waals surface area contributed by atoms with Crippen molar-refractivity contribution < 1.29 is 4.42 Å². The third kappa shape index (κ3) is 3.96. The summed E-state index contributed by atoms with van der Waals surface area (Å²) in [4.78, 5) is 10.3. The molecule has 0 unspecified atom stereocenters. The maximum atomic E-state index is 6.40. The molecule has 4 heteroatoms. The summed E-state index contributed by atoms with van der Waals surface area (Å²) in [6.07, 6.45) is 0. The Bertz CT molecular complexity index is 3060. The Labute approximate surface area is 294 Å². The first-order valence-electron chi connectivity index (χ1n) is 17.5. The average Bonchev–Trinajstić information content (AvgIpc) is 3.79. The standard InChI is InChI=1S/C47H31N3O/c1-47(2)37-24-23-33-31-17-7-10-21-40(31)50(45(33)43(37)36-26-35-32-18-8-11-22-41(32)51-42(35)27-38(36)47)30-16-12-15-29(25-30)46-48-39-20-9-6-19-34(39)44(49-46)28-13-4-3-5-14-28/h3-27H,1-2H3. The molecule has 1 aliphatic carbocycles. The minimum Gasteiger partial charge on any atom is -0.456 e. The van der Waals surface area contributed by atoms with Crippen LogP contribution in [0.25, 0.3) is 94.1 Å². The maximum absolute atomic E-state index is 6.40. The molecule has 0 saturated carbocycles. The zero-order valence-corrected chi connectivity index (χ0v) is 28.2. The number of rotatable bonds is 3.